The molecule has 0 spiro atoms. The van der Waals surface area contributed by atoms with E-state index in [0.717, 1.165) is 11.0 Å². The number of hydrogen-bond donors (Lipinski definition) is 2. The van der Waals surface area contributed by atoms with Crippen molar-refractivity contribution in [3.05, 3.63) is 28.2 Å². The van der Waals surface area contributed by atoms with Crippen molar-refractivity contribution >= 4 is 23.1 Å². The summed E-state index contributed by atoms with van der Waals surface area (Å²) in [6, 6.07) is 2.17. The van der Waals surface area contributed by atoms with Crippen LogP contribution < -0.4 is 5.73 Å². The Morgan fingerprint density at radius 2 is 2.38 bits per heavy atom. The lowest BCUT2D eigenvalue weighted by molar-refractivity contribution is 0.720. The summed E-state index contributed by atoms with van der Waals surface area (Å²) in [5.41, 5.74) is 7.24. The number of thiophene rings is 1. The SMILES string of the molecule is Cc1nc(SC(c2ccsc2)C(C)N)n[nH]1. The van der Waals surface area contributed by atoms with Crippen molar-refractivity contribution in [3.8, 4) is 0 Å². The average molecular weight is 254 g/mol. The van der Waals surface area contributed by atoms with E-state index in [4.69, 9.17) is 5.73 Å². The van der Waals surface area contributed by atoms with Crippen LogP contribution in [-0.4, -0.2) is 21.2 Å². The Bertz CT molecular complexity index is 435. The Balaban J connectivity index is 2.15. The molecule has 0 fully saturated rings. The van der Waals surface area contributed by atoms with Crippen LogP contribution in [0.4, 0.5) is 0 Å². The molecule has 86 valence electrons. The van der Waals surface area contributed by atoms with Crippen LogP contribution >= 0.6 is 23.1 Å². The zero-order valence-electron chi connectivity index (χ0n) is 9.18. The Morgan fingerprint density at radius 3 is 2.88 bits per heavy atom. The van der Waals surface area contributed by atoms with Gasteiger partial charge in [-0.1, -0.05) is 11.8 Å². The molecule has 0 aliphatic heterocycles. The molecule has 0 amide bonds. The van der Waals surface area contributed by atoms with Gasteiger partial charge in [0.1, 0.15) is 5.82 Å². The van der Waals surface area contributed by atoms with Crippen molar-refractivity contribution in [2.75, 3.05) is 0 Å². The van der Waals surface area contributed by atoms with Crippen LogP contribution in [0, 0.1) is 6.92 Å². The number of nitrogens with two attached hydrogens (primary N) is 1. The van der Waals surface area contributed by atoms with Gasteiger partial charge in [0.15, 0.2) is 0 Å². The summed E-state index contributed by atoms with van der Waals surface area (Å²) in [7, 11) is 0. The molecule has 2 rings (SSSR count). The van der Waals surface area contributed by atoms with Crippen LogP contribution in [0.1, 0.15) is 23.6 Å². The monoisotopic (exact) mass is 254 g/mol. The second-order valence-electron chi connectivity index (χ2n) is 3.66. The van der Waals surface area contributed by atoms with Gasteiger partial charge in [0, 0.05) is 6.04 Å². The molecule has 2 aromatic heterocycles. The van der Waals surface area contributed by atoms with E-state index in [2.05, 4.69) is 32.0 Å². The summed E-state index contributed by atoms with van der Waals surface area (Å²) < 4.78 is 0. The first kappa shape index (κ1) is 11.6. The second-order valence-corrected chi connectivity index (χ2v) is 5.55. The van der Waals surface area contributed by atoms with E-state index in [1.807, 2.05) is 13.8 Å². The van der Waals surface area contributed by atoms with Crippen LogP contribution in [0.25, 0.3) is 0 Å². The molecule has 2 heterocycles. The molecule has 4 nitrogen and oxygen atoms in total. The Hall–Kier alpha value is -0.850. The summed E-state index contributed by atoms with van der Waals surface area (Å²) in [6.07, 6.45) is 0. The first-order chi connectivity index (χ1) is 7.66. The minimum absolute atomic E-state index is 0.0680. The largest absolute Gasteiger partial charge is 0.327 e. The molecule has 2 aromatic rings. The smallest absolute Gasteiger partial charge is 0.209 e. The molecule has 6 heteroatoms. The standard InChI is InChI=1S/C10H14N4S2/c1-6(11)9(8-3-4-15-5-8)16-10-12-7(2)13-14-10/h3-6,9H,11H2,1-2H3,(H,12,13,14). The highest BCUT2D eigenvalue weighted by atomic mass is 32.2. The van der Waals surface area contributed by atoms with Crippen LogP contribution in [-0.2, 0) is 0 Å². The number of rotatable bonds is 4. The molecule has 3 N–H and O–H groups in total. The predicted molar refractivity (Wildman–Crippen MR) is 67.7 cm³/mol. The lowest BCUT2D eigenvalue weighted by Gasteiger charge is -2.17. The maximum Gasteiger partial charge on any atom is 0.209 e. The zero-order chi connectivity index (χ0) is 11.5. The highest BCUT2D eigenvalue weighted by molar-refractivity contribution is 7.99. The number of nitrogens with zero attached hydrogens (tertiary/aromatic N) is 2. The molecule has 0 bridgehead atoms. The van der Waals surface area contributed by atoms with E-state index in [0.29, 0.717) is 0 Å². The third-order valence-corrected chi connectivity index (χ3v) is 4.21. The summed E-state index contributed by atoms with van der Waals surface area (Å²) in [5, 5.41) is 12.1. The van der Waals surface area contributed by atoms with Gasteiger partial charge in [-0.15, -0.1) is 5.10 Å². The maximum atomic E-state index is 6.00. The highest BCUT2D eigenvalue weighted by Gasteiger charge is 2.20. The lowest BCUT2D eigenvalue weighted by atomic mass is 10.1. The Labute approximate surface area is 103 Å². The average Bonchev–Trinajstić information content (AvgIpc) is 2.84. The quantitative estimate of drug-likeness (QED) is 0.822. The number of aromatic nitrogens is 3. The van der Waals surface area contributed by atoms with Crippen LogP contribution in [0.3, 0.4) is 0 Å². The molecule has 16 heavy (non-hydrogen) atoms. The molecule has 2 unspecified atom stereocenters. The fourth-order valence-corrected chi connectivity index (χ4v) is 3.20. The van der Waals surface area contributed by atoms with Gasteiger partial charge in [-0.05, 0) is 36.2 Å². The molecule has 0 radical (unpaired) electrons. The number of thioether (sulfide) groups is 1. The summed E-state index contributed by atoms with van der Waals surface area (Å²) in [6.45, 7) is 3.90. The molecular weight excluding hydrogens is 240 g/mol. The summed E-state index contributed by atoms with van der Waals surface area (Å²) in [5.74, 6) is 0.830. The van der Waals surface area contributed by atoms with E-state index < -0.39 is 0 Å². The predicted octanol–water partition coefficient (Wildman–Crippen LogP) is 2.36. The molecule has 0 aromatic carbocycles. The highest BCUT2D eigenvalue weighted by Crippen LogP contribution is 2.36. The van der Waals surface area contributed by atoms with Crippen molar-refractivity contribution in [3.63, 3.8) is 0 Å². The van der Waals surface area contributed by atoms with Crippen molar-refractivity contribution in [2.45, 2.75) is 30.3 Å². The van der Waals surface area contributed by atoms with Crippen LogP contribution in [0.5, 0.6) is 0 Å². The van der Waals surface area contributed by atoms with Crippen molar-refractivity contribution in [1.82, 2.24) is 15.2 Å². The van der Waals surface area contributed by atoms with Gasteiger partial charge in [0.25, 0.3) is 0 Å². The van der Waals surface area contributed by atoms with Gasteiger partial charge in [-0.2, -0.15) is 11.3 Å². The first-order valence-corrected chi connectivity index (χ1v) is 6.82. The van der Waals surface area contributed by atoms with E-state index in [-0.39, 0.29) is 11.3 Å². The number of nitrogens with one attached hydrogen (secondary N) is 1. The fourth-order valence-electron chi connectivity index (χ4n) is 1.40. The number of aromatic amines is 1. The molecule has 2 atom stereocenters. The van der Waals surface area contributed by atoms with Gasteiger partial charge in [0.05, 0.1) is 5.25 Å². The van der Waals surface area contributed by atoms with E-state index in [9.17, 15) is 0 Å². The van der Waals surface area contributed by atoms with Gasteiger partial charge in [0.2, 0.25) is 5.16 Å². The van der Waals surface area contributed by atoms with Gasteiger partial charge in [-0.3, -0.25) is 5.10 Å². The van der Waals surface area contributed by atoms with E-state index in [1.165, 1.54) is 5.56 Å². The van der Waals surface area contributed by atoms with Gasteiger partial charge in [-0.25, -0.2) is 4.98 Å². The van der Waals surface area contributed by atoms with Gasteiger partial charge < -0.3 is 5.73 Å². The van der Waals surface area contributed by atoms with Crippen LogP contribution in [0.15, 0.2) is 22.0 Å². The molecule has 0 aliphatic carbocycles. The summed E-state index contributed by atoms with van der Waals surface area (Å²) >= 11 is 3.29. The molecule has 0 saturated carbocycles. The third-order valence-electron chi connectivity index (χ3n) is 2.16. The first-order valence-electron chi connectivity index (χ1n) is 5.00. The minimum atomic E-state index is 0.0680. The third kappa shape index (κ3) is 2.63. The van der Waals surface area contributed by atoms with Gasteiger partial charge >= 0.3 is 0 Å². The number of H-pyrrole nitrogens is 1. The number of aryl methyl sites for hydroxylation is 1. The number of hydrogen-bond acceptors (Lipinski definition) is 5. The fraction of sp³-hybridized carbons (Fsp3) is 0.400. The summed E-state index contributed by atoms with van der Waals surface area (Å²) in [4.78, 5) is 4.29. The van der Waals surface area contributed by atoms with Crippen LogP contribution in [0.2, 0.25) is 0 Å². The van der Waals surface area contributed by atoms with Crippen molar-refractivity contribution in [1.29, 1.82) is 0 Å². The van der Waals surface area contributed by atoms with E-state index in [1.54, 1.807) is 23.1 Å². The topological polar surface area (TPSA) is 67.6 Å². The van der Waals surface area contributed by atoms with Crippen molar-refractivity contribution in [2.24, 2.45) is 5.73 Å². The maximum absolute atomic E-state index is 6.00. The Morgan fingerprint density at radius 1 is 1.56 bits per heavy atom. The normalized spacial score (nSPS) is 14.9. The Kier molecular flexibility index (Phi) is 3.63. The second kappa shape index (κ2) is 4.99. The zero-order valence-corrected chi connectivity index (χ0v) is 10.8. The molecular formula is C10H14N4S2. The minimum Gasteiger partial charge on any atom is -0.327 e. The van der Waals surface area contributed by atoms with Crippen molar-refractivity contribution < 1.29 is 0 Å². The lowest BCUT2D eigenvalue weighted by Crippen LogP contribution is -2.22. The van der Waals surface area contributed by atoms with E-state index >= 15 is 0 Å². The molecule has 0 aliphatic rings. The molecule has 0 saturated heterocycles.